The summed E-state index contributed by atoms with van der Waals surface area (Å²) >= 11 is 0. The zero-order valence-corrected chi connectivity index (χ0v) is 22.1. The number of rotatable bonds is 10. The highest BCUT2D eigenvalue weighted by atomic mass is 16.5. The molecule has 192 valence electrons. The molecule has 0 saturated carbocycles. The van der Waals surface area contributed by atoms with Crippen molar-refractivity contribution in [2.45, 2.75) is 64.5 Å². The van der Waals surface area contributed by atoms with Gasteiger partial charge in [0.15, 0.2) is 0 Å². The summed E-state index contributed by atoms with van der Waals surface area (Å²) in [5.74, 6) is 2.79. The second-order valence-electron chi connectivity index (χ2n) is 10.4. The number of aryl methyl sites for hydroxylation is 1. The lowest BCUT2D eigenvalue weighted by Crippen LogP contribution is -2.28. The Morgan fingerprint density at radius 1 is 0.892 bits per heavy atom. The average Bonchev–Trinajstić information content (AvgIpc) is 3.49. The fraction of sp³-hybridized carbons (Fsp3) is 0.375. The van der Waals surface area contributed by atoms with Crippen LogP contribution in [0.15, 0.2) is 78.9 Å². The lowest BCUT2D eigenvalue weighted by molar-refractivity contribution is -0.129. The number of para-hydroxylation sites is 2. The highest BCUT2D eigenvalue weighted by Crippen LogP contribution is 2.35. The Balaban J connectivity index is 1.25. The molecule has 1 saturated heterocycles. The SMILES string of the molecule is CC(C)c1ccc(OCCCCn2c(C3CC(=O)N(C(C)c4ccccc4)C3)nc3ccccc32)cc1. The third kappa shape index (κ3) is 5.56. The lowest BCUT2D eigenvalue weighted by atomic mass is 10.0. The number of carbonyl (C=O) groups is 1. The molecule has 0 bridgehead atoms. The molecule has 0 N–H and O–H groups in total. The normalized spacial score (nSPS) is 16.6. The van der Waals surface area contributed by atoms with E-state index in [0.717, 1.165) is 42.0 Å². The zero-order valence-electron chi connectivity index (χ0n) is 22.1. The van der Waals surface area contributed by atoms with Crippen LogP contribution in [-0.4, -0.2) is 33.5 Å². The number of fused-ring (bicyclic) bond motifs is 1. The maximum atomic E-state index is 13.1. The maximum Gasteiger partial charge on any atom is 0.223 e. The van der Waals surface area contributed by atoms with Gasteiger partial charge in [-0.25, -0.2) is 4.98 Å². The molecule has 0 aliphatic carbocycles. The predicted molar refractivity (Wildman–Crippen MR) is 149 cm³/mol. The number of aromatic nitrogens is 2. The van der Waals surface area contributed by atoms with E-state index in [1.165, 1.54) is 11.1 Å². The second kappa shape index (κ2) is 11.2. The number of carbonyl (C=O) groups excluding carboxylic acids is 1. The Bertz CT molecular complexity index is 1330. The van der Waals surface area contributed by atoms with Gasteiger partial charge in [-0.2, -0.15) is 0 Å². The van der Waals surface area contributed by atoms with E-state index in [4.69, 9.17) is 9.72 Å². The average molecular weight is 496 g/mol. The van der Waals surface area contributed by atoms with Crippen LogP contribution >= 0.6 is 0 Å². The van der Waals surface area contributed by atoms with Gasteiger partial charge in [-0.15, -0.1) is 0 Å². The predicted octanol–water partition coefficient (Wildman–Crippen LogP) is 7.10. The number of imidazole rings is 1. The summed E-state index contributed by atoms with van der Waals surface area (Å²) in [5, 5.41) is 0. The molecule has 5 nitrogen and oxygen atoms in total. The Labute approximate surface area is 220 Å². The fourth-order valence-corrected chi connectivity index (χ4v) is 5.34. The molecule has 37 heavy (non-hydrogen) atoms. The topological polar surface area (TPSA) is 47.4 Å². The Hall–Kier alpha value is -3.60. The Kier molecular flexibility index (Phi) is 7.59. The van der Waals surface area contributed by atoms with Crippen molar-refractivity contribution in [1.29, 1.82) is 0 Å². The van der Waals surface area contributed by atoms with Crippen LogP contribution < -0.4 is 4.74 Å². The van der Waals surface area contributed by atoms with Crippen LogP contribution in [0.3, 0.4) is 0 Å². The van der Waals surface area contributed by atoms with Gasteiger partial charge in [0, 0.05) is 25.4 Å². The summed E-state index contributed by atoms with van der Waals surface area (Å²) in [6, 6.07) is 27.1. The van der Waals surface area contributed by atoms with E-state index >= 15 is 0 Å². The number of benzene rings is 3. The third-order valence-corrected chi connectivity index (χ3v) is 7.55. The molecule has 4 aromatic rings. The first-order chi connectivity index (χ1) is 18.0. The van der Waals surface area contributed by atoms with Crippen molar-refractivity contribution in [3.05, 3.63) is 95.8 Å². The minimum Gasteiger partial charge on any atom is -0.494 e. The summed E-state index contributed by atoms with van der Waals surface area (Å²) in [5.41, 5.74) is 4.64. The van der Waals surface area contributed by atoms with E-state index in [2.05, 4.69) is 79.9 Å². The first kappa shape index (κ1) is 25.1. The van der Waals surface area contributed by atoms with E-state index in [1.54, 1.807) is 0 Å². The van der Waals surface area contributed by atoms with E-state index in [0.29, 0.717) is 25.5 Å². The standard InChI is InChI=1S/C32H37N3O2/c1-23(2)25-15-17-28(18-16-25)37-20-10-9-19-34-30-14-8-7-13-29(30)33-32(34)27-21-31(36)35(22-27)24(3)26-11-5-4-6-12-26/h4-8,11-18,23-24,27H,9-10,19-22H2,1-3H3. The van der Waals surface area contributed by atoms with Crippen molar-refractivity contribution >= 4 is 16.9 Å². The first-order valence-corrected chi connectivity index (χ1v) is 13.5. The number of amides is 1. The monoisotopic (exact) mass is 495 g/mol. The molecular weight excluding hydrogens is 458 g/mol. The fourth-order valence-electron chi connectivity index (χ4n) is 5.34. The first-order valence-electron chi connectivity index (χ1n) is 13.5. The van der Waals surface area contributed by atoms with Gasteiger partial charge >= 0.3 is 0 Å². The highest BCUT2D eigenvalue weighted by Gasteiger charge is 2.36. The molecule has 1 aliphatic heterocycles. The van der Waals surface area contributed by atoms with Gasteiger partial charge in [-0.05, 0) is 61.1 Å². The molecule has 1 fully saturated rings. The Morgan fingerprint density at radius 2 is 1.62 bits per heavy atom. The molecule has 0 spiro atoms. The van der Waals surface area contributed by atoms with Crippen LogP contribution in [0.5, 0.6) is 5.75 Å². The molecule has 2 unspecified atom stereocenters. The zero-order chi connectivity index (χ0) is 25.8. The molecule has 2 heterocycles. The van der Waals surface area contributed by atoms with Gasteiger partial charge in [0.1, 0.15) is 11.6 Å². The van der Waals surface area contributed by atoms with Crippen LogP contribution in [0.25, 0.3) is 11.0 Å². The quantitative estimate of drug-likeness (QED) is 0.221. The minimum atomic E-state index is 0.0586. The van der Waals surface area contributed by atoms with Crippen molar-refractivity contribution < 1.29 is 9.53 Å². The molecular formula is C32H37N3O2. The molecule has 0 radical (unpaired) electrons. The molecule has 5 rings (SSSR count). The van der Waals surface area contributed by atoms with Crippen LogP contribution in [0.1, 0.15) is 74.9 Å². The largest absolute Gasteiger partial charge is 0.494 e. The summed E-state index contributed by atoms with van der Waals surface area (Å²) in [6.07, 6.45) is 2.46. The summed E-state index contributed by atoms with van der Waals surface area (Å²) in [6.45, 7) is 8.78. The summed E-state index contributed by atoms with van der Waals surface area (Å²) in [7, 11) is 0. The van der Waals surface area contributed by atoms with Crippen molar-refractivity contribution in [3.8, 4) is 5.75 Å². The van der Waals surface area contributed by atoms with E-state index in [-0.39, 0.29) is 17.9 Å². The van der Waals surface area contributed by atoms with Crippen LogP contribution in [0, 0.1) is 0 Å². The smallest absolute Gasteiger partial charge is 0.223 e. The Morgan fingerprint density at radius 3 is 2.38 bits per heavy atom. The number of hydrogen-bond acceptors (Lipinski definition) is 3. The number of hydrogen-bond donors (Lipinski definition) is 0. The summed E-state index contributed by atoms with van der Waals surface area (Å²) < 4.78 is 8.33. The number of ether oxygens (including phenoxy) is 1. The number of likely N-dealkylation sites (tertiary alicyclic amines) is 1. The highest BCUT2D eigenvalue weighted by molar-refractivity contribution is 5.81. The van der Waals surface area contributed by atoms with Crippen LogP contribution in [0.2, 0.25) is 0 Å². The van der Waals surface area contributed by atoms with Crippen molar-refractivity contribution in [2.75, 3.05) is 13.2 Å². The van der Waals surface area contributed by atoms with Crippen LogP contribution in [0.4, 0.5) is 0 Å². The van der Waals surface area contributed by atoms with Gasteiger partial charge in [0.25, 0.3) is 0 Å². The van der Waals surface area contributed by atoms with Gasteiger partial charge < -0.3 is 14.2 Å². The van der Waals surface area contributed by atoms with E-state index < -0.39 is 0 Å². The van der Waals surface area contributed by atoms with Gasteiger partial charge in [-0.1, -0.05) is 68.4 Å². The lowest BCUT2D eigenvalue weighted by Gasteiger charge is -2.25. The van der Waals surface area contributed by atoms with Crippen LogP contribution in [-0.2, 0) is 11.3 Å². The van der Waals surface area contributed by atoms with Gasteiger partial charge in [-0.3, -0.25) is 4.79 Å². The molecule has 2 atom stereocenters. The van der Waals surface area contributed by atoms with Gasteiger partial charge in [0.05, 0.1) is 23.7 Å². The number of nitrogens with zero attached hydrogens (tertiary/aromatic N) is 3. The maximum absolute atomic E-state index is 13.1. The molecule has 1 aliphatic rings. The van der Waals surface area contributed by atoms with E-state index in [9.17, 15) is 4.79 Å². The van der Waals surface area contributed by atoms with Crippen molar-refractivity contribution in [3.63, 3.8) is 0 Å². The van der Waals surface area contributed by atoms with E-state index in [1.807, 2.05) is 29.2 Å². The molecule has 3 aromatic carbocycles. The third-order valence-electron chi connectivity index (χ3n) is 7.55. The van der Waals surface area contributed by atoms with Crippen molar-refractivity contribution in [1.82, 2.24) is 14.5 Å². The summed E-state index contributed by atoms with van der Waals surface area (Å²) in [4.78, 5) is 20.1. The number of unbranched alkanes of at least 4 members (excludes halogenated alkanes) is 1. The second-order valence-corrected chi connectivity index (χ2v) is 10.4. The minimum absolute atomic E-state index is 0.0586. The molecule has 1 amide bonds. The van der Waals surface area contributed by atoms with Gasteiger partial charge in [0.2, 0.25) is 5.91 Å². The molecule has 1 aromatic heterocycles. The molecule has 5 heteroatoms. The van der Waals surface area contributed by atoms with Crippen molar-refractivity contribution in [2.24, 2.45) is 0 Å².